The van der Waals surface area contributed by atoms with Crippen molar-refractivity contribution in [1.29, 1.82) is 0 Å². The zero-order valence-corrected chi connectivity index (χ0v) is 12.5. The van der Waals surface area contributed by atoms with E-state index in [4.69, 9.17) is 0 Å². The molecule has 0 saturated carbocycles. The standard InChI is InChI=1S/C15H17N5O2/c1-19-14(21)13(18-20(2)15(19)22)16-8-7-10-9-17-12-6-4-3-5-11(10)12/h3-6,9,17H,7-8H2,1-2H3,(H,16,18). The Hall–Kier alpha value is -2.83. The Morgan fingerprint density at radius 3 is 2.82 bits per heavy atom. The Morgan fingerprint density at radius 1 is 1.23 bits per heavy atom. The summed E-state index contributed by atoms with van der Waals surface area (Å²) in [6.45, 7) is 0.558. The second kappa shape index (κ2) is 5.51. The van der Waals surface area contributed by atoms with Crippen LogP contribution >= 0.6 is 0 Å². The van der Waals surface area contributed by atoms with E-state index in [0.29, 0.717) is 6.54 Å². The van der Waals surface area contributed by atoms with Crippen molar-refractivity contribution in [2.75, 3.05) is 11.9 Å². The molecule has 1 aromatic carbocycles. The number of hydrogen-bond donors (Lipinski definition) is 2. The van der Waals surface area contributed by atoms with Crippen LogP contribution in [0.2, 0.25) is 0 Å². The Kier molecular flexibility index (Phi) is 3.54. The molecule has 0 unspecified atom stereocenters. The zero-order chi connectivity index (χ0) is 15.7. The Bertz CT molecular complexity index is 935. The molecule has 0 aliphatic carbocycles. The van der Waals surface area contributed by atoms with Crippen LogP contribution in [0.1, 0.15) is 5.56 Å². The molecular formula is C15H17N5O2. The molecule has 3 rings (SSSR count). The molecule has 0 amide bonds. The van der Waals surface area contributed by atoms with Gasteiger partial charge < -0.3 is 10.3 Å². The number of aromatic amines is 1. The van der Waals surface area contributed by atoms with Crippen LogP contribution in [0.15, 0.2) is 40.1 Å². The summed E-state index contributed by atoms with van der Waals surface area (Å²) in [7, 11) is 2.96. The minimum atomic E-state index is -0.438. The molecule has 0 bridgehead atoms. The van der Waals surface area contributed by atoms with Crippen LogP contribution in [-0.2, 0) is 20.5 Å². The van der Waals surface area contributed by atoms with Crippen molar-refractivity contribution < 1.29 is 0 Å². The van der Waals surface area contributed by atoms with Crippen molar-refractivity contribution in [2.45, 2.75) is 6.42 Å². The zero-order valence-electron chi connectivity index (χ0n) is 12.5. The fourth-order valence-electron chi connectivity index (χ4n) is 2.46. The van der Waals surface area contributed by atoms with Gasteiger partial charge in [0.1, 0.15) is 0 Å². The molecule has 3 aromatic rings. The molecular weight excluding hydrogens is 282 g/mol. The molecule has 7 heteroatoms. The molecule has 0 fully saturated rings. The number of para-hydroxylation sites is 1. The first-order chi connectivity index (χ1) is 10.6. The topological polar surface area (TPSA) is 84.7 Å². The lowest BCUT2D eigenvalue weighted by molar-refractivity contribution is 0.604. The maximum Gasteiger partial charge on any atom is 0.346 e. The number of nitrogens with one attached hydrogen (secondary N) is 2. The van der Waals surface area contributed by atoms with E-state index in [-0.39, 0.29) is 5.82 Å². The highest BCUT2D eigenvalue weighted by molar-refractivity contribution is 5.83. The smallest absolute Gasteiger partial charge is 0.346 e. The summed E-state index contributed by atoms with van der Waals surface area (Å²) < 4.78 is 2.19. The highest BCUT2D eigenvalue weighted by Gasteiger charge is 2.08. The summed E-state index contributed by atoms with van der Waals surface area (Å²) in [5.74, 6) is 0.185. The lowest BCUT2D eigenvalue weighted by Crippen LogP contribution is -2.40. The normalized spacial score (nSPS) is 11.0. The van der Waals surface area contributed by atoms with Gasteiger partial charge in [-0.2, -0.15) is 0 Å². The van der Waals surface area contributed by atoms with Gasteiger partial charge in [0.15, 0.2) is 0 Å². The second-order valence-corrected chi connectivity index (χ2v) is 5.16. The van der Waals surface area contributed by atoms with E-state index in [2.05, 4.69) is 21.5 Å². The van der Waals surface area contributed by atoms with Crippen LogP contribution < -0.4 is 16.6 Å². The first-order valence-corrected chi connectivity index (χ1v) is 7.01. The number of hydrogen-bond acceptors (Lipinski definition) is 4. The second-order valence-electron chi connectivity index (χ2n) is 5.16. The van der Waals surface area contributed by atoms with Crippen LogP contribution in [0.25, 0.3) is 10.9 Å². The summed E-state index contributed by atoms with van der Waals surface area (Å²) in [4.78, 5) is 26.8. The highest BCUT2D eigenvalue weighted by atomic mass is 16.2. The van der Waals surface area contributed by atoms with Crippen molar-refractivity contribution in [3.05, 3.63) is 56.9 Å². The first kappa shape index (κ1) is 14.1. The molecule has 7 nitrogen and oxygen atoms in total. The number of aryl methyl sites for hydroxylation is 1. The highest BCUT2D eigenvalue weighted by Crippen LogP contribution is 2.17. The summed E-state index contributed by atoms with van der Waals surface area (Å²) in [5, 5.41) is 8.14. The van der Waals surface area contributed by atoms with Crippen molar-refractivity contribution >= 4 is 16.7 Å². The lowest BCUT2D eigenvalue weighted by atomic mass is 10.1. The maximum atomic E-state index is 12.0. The van der Waals surface area contributed by atoms with Crippen LogP contribution in [0.5, 0.6) is 0 Å². The van der Waals surface area contributed by atoms with Gasteiger partial charge in [-0.3, -0.25) is 9.36 Å². The molecule has 2 heterocycles. The van der Waals surface area contributed by atoms with E-state index >= 15 is 0 Å². The van der Waals surface area contributed by atoms with E-state index in [9.17, 15) is 9.59 Å². The van der Waals surface area contributed by atoms with Crippen molar-refractivity contribution in [2.24, 2.45) is 14.1 Å². The van der Waals surface area contributed by atoms with Crippen molar-refractivity contribution in [3.8, 4) is 0 Å². The minimum absolute atomic E-state index is 0.185. The lowest BCUT2D eigenvalue weighted by Gasteiger charge is -2.07. The maximum absolute atomic E-state index is 12.0. The third-order valence-corrected chi connectivity index (χ3v) is 3.68. The molecule has 2 aromatic heterocycles. The molecule has 0 atom stereocenters. The molecule has 2 N–H and O–H groups in total. The number of fused-ring (bicyclic) bond motifs is 1. The van der Waals surface area contributed by atoms with Gasteiger partial charge in [0.25, 0.3) is 5.56 Å². The minimum Gasteiger partial charge on any atom is -0.364 e. The molecule has 22 heavy (non-hydrogen) atoms. The van der Waals surface area contributed by atoms with Gasteiger partial charge in [-0.05, 0) is 18.1 Å². The number of anilines is 1. The fraction of sp³-hybridized carbons (Fsp3) is 0.267. The predicted octanol–water partition coefficient (Wildman–Crippen LogP) is 0.615. The number of benzene rings is 1. The van der Waals surface area contributed by atoms with E-state index in [0.717, 1.165) is 21.2 Å². The molecule has 0 aliphatic heterocycles. The fourth-order valence-corrected chi connectivity index (χ4v) is 2.46. The molecule has 0 saturated heterocycles. The van der Waals surface area contributed by atoms with Crippen LogP contribution in [-0.4, -0.2) is 25.9 Å². The van der Waals surface area contributed by atoms with Crippen LogP contribution in [0.3, 0.4) is 0 Å². The molecule has 0 aliphatic rings. The summed E-state index contributed by atoms with van der Waals surface area (Å²) in [5.41, 5.74) is 1.41. The van der Waals surface area contributed by atoms with Gasteiger partial charge in [0.05, 0.1) is 0 Å². The van der Waals surface area contributed by atoms with Crippen molar-refractivity contribution in [1.82, 2.24) is 19.3 Å². The SMILES string of the molecule is Cn1nc(NCCc2c[nH]c3ccccc23)c(=O)n(C)c1=O. The van der Waals surface area contributed by atoms with Gasteiger partial charge in [-0.25, -0.2) is 9.48 Å². The van der Waals surface area contributed by atoms with Gasteiger partial charge in [0, 0.05) is 37.7 Å². The first-order valence-electron chi connectivity index (χ1n) is 7.01. The van der Waals surface area contributed by atoms with Crippen LogP contribution in [0.4, 0.5) is 5.82 Å². The number of nitrogens with zero attached hydrogens (tertiary/aromatic N) is 3. The quantitative estimate of drug-likeness (QED) is 0.739. The van der Waals surface area contributed by atoms with Gasteiger partial charge in [-0.1, -0.05) is 18.2 Å². The molecule has 0 radical (unpaired) electrons. The van der Waals surface area contributed by atoms with Crippen LogP contribution in [0, 0.1) is 0 Å². The van der Waals surface area contributed by atoms with E-state index in [1.807, 2.05) is 24.4 Å². The van der Waals surface area contributed by atoms with E-state index in [1.165, 1.54) is 25.0 Å². The largest absolute Gasteiger partial charge is 0.364 e. The van der Waals surface area contributed by atoms with E-state index < -0.39 is 11.2 Å². The third kappa shape index (κ3) is 2.41. The Morgan fingerprint density at radius 2 is 2.00 bits per heavy atom. The third-order valence-electron chi connectivity index (χ3n) is 3.68. The average Bonchev–Trinajstić information content (AvgIpc) is 2.94. The average molecular weight is 299 g/mol. The van der Waals surface area contributed by atoms with Gasteiger partial charge >= 0.3 is 5.69 Å². The van der Waals surface area contributed by atoms with Gasteiger partial charge in [-0.15, -0.1) is 5.10 Å². The number of aromatic nitrogens is 4. The number of H-pyrrole nitrogens is 1. The van der Waals surface area contributed by atoms with Gasteiger partial charge in [0.2, 0.25) is 5.82 Å². The summed E-state index contributed by atoms with van der Waals surface area (Å²) in [6, 6.07) is 8.07. The monoisotopic (exact) mass is 299 g/mol. The van der Waals surface area contributed by atoms with E-state index in [1.54, 1.807) is 0 Å². The Labute approximate surface area is 126 Å². The van der Waals surface area contributed by atoms with Crippen molar-refractivity contribution in [3.63, 3.8) is 0 Å². The summed E-state index contributed by atoms with van der Waals surface area (Å²) >= 11 is 0. The molecule has 0 spiro atoms. The Balaban J connectivity index is 1.77. The predicted molar refractivity (Wildman–Crippen MR) is 85.2 cm³/mol. The molecule has 114 valence electrons. The summed E-state index contributed by atoms with van der Waals surface area (Å²) in [6.07, 6.45) is 2.72. The number of rotatable bonds is 4.